The molecule has 0 saturated heterocycles. The first-order valence-electron chi connectivity index (χ1n) is 10.7. The number of aromatic nitrogens is 1. The van der Waals surface area contributed by atoms with Crippen molar-refractivity contribution in [1.29, 1.82) is 0 Å². The minimum absolute atomic E-state index is 0.0611. The maximum absolute atomic E-state index is 14.1. The Kier molecular flexibility index (Phi) is 9.14. The summed E-state index contributed by atoms with van der Waals surface area (Å²) in [6.07, 6.45) is -1.08. The Labute approximate surface area is 221 Å². The molecule has 0 N–H and O–H groups in total. The van der Waals surface area contributed by atoms with Crippen LogP contribution in [0.5, 0.6) is 11.5 Å². The van der Waals surface area contributed by atoms with Crippen LogP contribution in [0.1, 0.15) is 28.5 Å². The van der Waals surface area contributed by atoms with Crippen LogP contribution in [0.25, 0.3) is 0 Å². The van der Waals surface area contributed by atoms with Gasteiger partial charge < -0.3 is 9.47 Å². The highest BCUT2D eigenvalue weighted by Crippen LogP contribution is 2.42. The highest BCUT2D eigenvalue weighted by molar-refractivity contribution is 7.92. The highest BCUT2D eigenvalue weighted by Gasteiger charge is 2.44. The lowest BCUT2D eigenvalue weighted by atomic mass is 10.1. The van der Waals surface area contributed by atoms with Crippen LogP contribution < -0.4 is 13.8 Å². The molecule has 0 aliphatic rings. The van der Waals surface area contributed by atoms with Crippen LogP contribution >= 0.6 is 23.2 Å². The van der Waals surface area contributed by atoms with Crippen molar-refractivity contribution in [3.63, 3.8) is 0 Å². The molecule has 1 aromatic heterocycles. The third-order valence-corrected chi connectivity index (χ3v) is 7.55. The van der Waals surface area contributed by atoms with Crippen LogP contribution in [0.15, 0.2) is 65.8 Å². The van der Waals surface area contributed by atoms with Gasteiger partial charge in [-0.1, -0.05) is 12.1 Å². The van der Waals surface area contributed by atoms with Crippen molar-refractivity contribution in [2.75, 3.05) is 18.0 Å². The molecule has 0 aliphatic heterocycles. The fraction of sp³-hybridized carbons (Fsp3) is 0.292. The maximum Gasteiger partial charge on any atom is 0.332 e. The molecule has 0 saturated carbocycles. The lowest BCUT2D eigenvalue weighted by Crippen LogP contribution is -2.32. The van der Waals surface area contributed by atoms with E-state index >= 15 is 0 Å². The summed E-state index contributed by atoms with van der Waals surface area (Å²) in [6, 6.07) is 9.72. The van der Waals surface area contributed by atoms with E-state index < -0.39 is 43.2 Å². The van der Waals surface area contributed by atoms with Crippen LogP contribution in [0.2, 0.25) is 0 Å². The zero-order valence-electron chi connectivity index (χ0n) is 19.5. The lowest BCUT2D eigenvalue weighted by Gasteiger charge is -2.28. The number of nitrogens with zero attached hydrogens (tertiary/aromatic N) is 2. The summed E-state index contributed by atoms with van der Waals surface area (Å²) in [7, 11) is -3.26. The zero-order chi connectivity index (χ0) is 27.4. The fourth-order valence-electron chi connectivity index (χ4n) is 3.48. The molecule has 2 aromatic carbocycles. The van der Waals surface area contributed by atoms with Gasteiger partial charge >= 0.3 is 12.3 Å². The van der Waals surface area contributed by atoms with E-state index in [1.807, 2.05) is 0 Å². The second-order valence-corrected chi connectivity index (χ2v) is 10.5. The predicted molar refractivity (Wildman–Crippen MR) is 133 cm³/mol. The number of ether oxygens (including phenoxy) is 2. The Hall–Kier alpha value is -2.76. The third kappa shape index (κ3) is 6.22. The summed E-state index contributed by atoms with van der Waals surface area (Å²) in [5.74, 6) is -4.06. The molecule has 0 spiro atoms. The van der Waals surface area contributed by atoms with Gasteiger partial charge in [0.15, 0.2) is 0 Å². The number of benzene rings is 2. The monoisotopic (exact) mass is 580 g/mol. The number of methoxy groups -OCH3 is 1. The van der Waals surface area contributed by atoms with Crippen molar-refractivity contribution in [1.82, 2.24) is 4.98 Å². The van der Waals surface area contributed by atoms with Gasteiger partial charge in [0.05, 0.1) is 30.8 Å². The summed E-state index contributed by atoms with van der Waals surface area (Å²) >= 11 is 11.9. The van der Waals surface area contributed by atoms with Crippen molar-refractivity contribution in [2.45, 2.75) is 35.5 Å². The van der Waals surface area contributed by atoms with Gasteiger partial charge in [-0.25, -0.2) is 17.2 Å². The Morgan fingerprint density at radius 3 is 2.41 bits per heavy atom. The van der Waals surface area contributed by atoms with Crippen LogP contribution in [0, 0.1) is 0 Å². The SMILES string of the molecule is CCOc1ccc(OC)c(N(Cc2cccnc2)S(=O)(=O)c2ccc(C(F)(F)C(F)F)cc2C(Cl)Cl)c1. The van der Waals surface area contributed by atoms with E-state index in [9.17, 15) is 26.0 Å². The Morgan fingerprint density at radius 2 is 1.84 bits per heavy atom. The molecule has 200 valence electrons. The molecule has 13 heteroatoms. The minimum Gasteiger partial charge on any atom is -0.495 e. The van der Waals surface area contributed by atoms with Crippen molar-refractivity contribution in [3.05, 3.63) is 77.6 Å². The van der Waals surface area contributed by atoms with E-state index in [4.69, 9.17) is 32.7 Å². The van der Waals surface area contributed by atoms with Gasteiger partial charge in [0.2, 0.25) is 0 Å². The number of sulfonamides is 1. The van der Waals surface area contributed by atoms with E-state index in [0.717, 1.165) is 10.4 Å². The number of halogens is 6. The Balaban J connectivity index is 2.26. The fourth-order valence-corrected chi connectivity index (χ4v) is 5.65. The van der Waals surface area contributed by atoms with Gasteiger partial charge in [0, 0.05) is 29.6 Å². The van der Waals surface area contributed by atoms with Crippen LogP contribution in [0.4, 0.5) is 23.2 Å². The predicted octanol–water partition coefficient (Wildman–Crippen LogP) is 6.72. The molecule has 0 fully saturated rings. The summed E-state index contributed by atoms with van der Waals surface area (Å²) in [4.78, 5) is 1.82. The van der Waals surface area contributed by atoms with Gasteiger partial charge in [-0.2, -0.15) is 8.78 Å². The summed E-state index contributed by atoms with van der Waals surface area (Å²) in [5, 5.41) is 0. The molecule has 0 bridgehead atoms. The molecule has 3 rings (SSSR count). The lowest BCUT2D eigenvalue weighted by molar-refractivity contribution is -0.135. The van der Waals surface area contributed by atoms with Crippen LogP contribution in [0.3, 0.4) is 0 Å². The molecule has 0 unspecified atom stereocenters. The Bertz CT molecular complexity index is 1330. The largest absolute Gasteiger partial charge is 0.495 e. The number of hydrogen-bond acceptors (Lipinski definition) is 5. The third-order valence-electron chi connectivity index (χ3n) is 5.25. The van der Waals surface area contributed by atoms with E-state index in [1.165, 1.54) is 31.6 Å². The summed E-state index contributed by atoms with van der Waals surface area (Å²) in [6.45, 7) is 1.79. The summed E-state index contributed by atoms with van der Waals surface area (Å²) < 4.78 is 94.0. The first kappa shape index (κ1) is 28.8. The first-order chi connectivity index (χ1) is 17.4. The smallest absolute Gasteiger partial charge is 0.332 e. The van der Waals surface area contributed by atoms with E-state index in [0.29, 0.717) is 30.1 Å². The second-order valence-electron chi connectivity index (χ2n) is 7.62. The molecule has 0 amide bonds. The minimum atomic E-state index is -4.61. The molecule has 6 nitrogen and oxygen atoms in total. The van der Waals surface area contributed by atoms with Crippen LogP contribution in [-0.2, 0) is 22.5 Å². The molecule has 0 atom stereocenters. The number of pyridine rings is 1. The highest BCUT2D eigenvalue weighted by atomic mass is 35.5. The number of anilines is 1. The van der Waals surface area contributed by atoms with Crippen LogP contribution in [-0.4, -0.2) is 33.5 Å². The van der Waals surface area contributed by atoms with Crippen molar-refractivity contribution < 1.29 is 35.5 Å². The second kappa shape index (κ2) is 11.7. The van der Waals surface area contributed by atoms with Gasteiger partial charge in [-0.15, -0.1) is 23.2 Å². The average molecular weight is 581 g/mol. The average Bonchev–Trinajstić information content (AvgIpc) is 2.87. The number of rotatable bonds is 11. The molecule has 3 aromatic rings. The van der Waals surface area contributed by atoms with Crippen molar-refractivity contribution in [3.8, 4) is 11.5 Å². The van der Waals surface area contributed by atoms with E-state index in [-0.39, 0.29) is 18.0 Å². The molecule has 0 aliphatic carbocycles. The van der Waals surface area contributed by atoms with E-state index in [2.05, 4.69) is 4.98 Å². The number of hydrogen-bond donors (Lipinski definition) is 0. The Morgan fingerprint density at radius 1 is 1.11 bits per heavy atom. The quantitative estimate of drug-likeness (QED) is 0.186. The molecule has 0 radical (unpaired) electrons. The van der Waals surface area contributed by atoms with Gasteiger partial charge in [0.1, 0.15) is 16.3 Å². The van der Waals surface area contributed by atoms with E-state index in [1.54, 1.807) is 25.1 Å². The van der Waals surface area contributed by atoms with Crippen molar-refractivity contribution >= 4 is 38.9 Å². The standard InChI is InChI=1S/C24H22Cl2F4N2O4S/c1-3-36-17-7-8-20(35-2)19(12-17)32(14-15-5-4-10-31-13-15)37(33,34)21-9-6-16(11-18(21)22(25)26)24(29,30)23(27)28/h4-13,22-23H,3,14H2,1-2H3. The summed E-state index contributed by atoms with van der Waals surface area (Å²) in [5.41, 5.74) is -1.08. The van der Waals surface area contributed by atoms with Gasteiger partial charge in [0.25, 0.3) is 10.0 Å². The van der Waals surface area contributed by atoms with Crippen molar-refractivity contribution in [2.24, 2.45) is 0 Å². The number of alkyl halides is 6. The zero-order valence-corrected chi connectivity index (χ0v) is 21.9. The topological polar surface area (TPSA) is 68.7 Å². The van der Waals surface area contributed by atoms with Gasteiger partial charge in [-0.05, 0) is 42.8 Å². The molecular formula is C24H22Cl2F4N2O4S. The normalized spacial score (nSPS) is 12.2. The van der Waals surface area contributed by atoms with Gasteiger partial charge in [-0.3, -0.25) is 9.29 Å². The maximum atomic E-state index is 14.1. The molecule has 1 heterocycles. The first-order valence-corrected chi connectivity index (χ1v) is 13.1. The molecular weight excluding hydrogens is 559 g/mol. The molecule has 37 heavy (non-hydrogen) atoms.